The van der Waals surface area contributed by atoms with Crippen molar-refractivity contribution in [2.75, 3.05) is 11.1 Å². The molecule has 0 fully saturated rings. The predicted octanol–water partition coefficient (Wildman–Crippen LogP) is 1.54. The van der Waals surface area contributed by atoms with E-state index in [0.29, 0.717) is 21.5 Å². The number of amides is 1. The number of nitrogen functional groups attached to an aromatic ring is 1. The molecule has 0 saturated carbocycles. The summed E-state index contributed by atoms with van der Waals surface area (Å²) in [5, 5.41) is 4.92. The molecule has 20 heavy (non-hydrogen) atoms. The third kappa shape index (κ3) is 3.59. The summed E-state index contributed by atoms with van der Waals surface area (Å²) in [6.07, 6.45) is 0. The molecule has 0 unspecified atom stereocenters. The lowest BCUT2D eigenvalue weighted by Gasteiger charge is -2.05. The molecule has 1 heterocycles. The molecule has 7 N–H and O–H groups in total. The third-order valence-electron chi connectivity index (χ3n) is 2.13. The number of aromatic nitrogens is 1. The Morgan fingerprint density at radius 2 is 2.10 bits per heavy atom. The Bertz CT molecular complexity index is 659. The van der Waals surface area contributed by atoms with Gasteiger partial charge in [0.25, 0.3) is 5.91 Å². The molecule has 104 valence electrons. The molecule has 1 aromatic carbocycles. The Hall–Kier alpha value is -2.32. The van der Waals surface area contributed by atoms with Crippen LogP contribution in [-0.2, 0) is 0 Å². The molecule has 9 heteroatoms. The first-order chi connectivity index (χ1) is 9.44. The largest absolute Gasteiger partial charge is 0.399 e. The minimum absolute atomic E-state index is 0.117. The van der Waals surface area contributed by atoms with E-state index in [1.807, 2.05) is 0 Å². The van der Waals surface area contributed by atoms with Crippen molar-refractivity contribution in [2.24, 2.45) is 16.5 Å². The van der Waals surface area contributed by atoms with E-state index >= 15 is 0 Å². The quantitative estimate of drug-likeness (QED) is 0.388. The minimum atomic E-state index is -0.403. The molecule has 1 aromatic heterocycles. The van der Waals surface area contributed by atoms with Crippen LogP contribution in [0, 0.1) is 0 Å². The van der Waals surface area contributed by atoms with Crippen LogP contribution in [0.2, 0.25) is 5.02 Å². The molecular weight excluding hydrogens is 300 g/mol. The van der Waals surface area contributed by atoms with Gasteiger partial charge in [-0.2, -0.15) is 4.99 Å². The highest BCUT2D eigenvalue weighted by atomic mass is 35.5. The summed E-state index contributed by atoms with van der Waals surface area (Å²) < 4.78 is 0. The number of aliphatic imine (C=N–C) groups is 1. The number of nitrogens with one attached hydrogen (secondary N) is 1. The predicted molar refractivity (Wildman–Crippen MR) is 81.4 cm³/mol. The highest BCUT2D eigenvalue weighted by molar-refractivity contribution is 7.13. The van der Waals surface area contributed by atoms with Crippen LogP contribution in [0.15, 0.2) is 28.6 Å². The molecule has 7 nitrogen and oxygen atoms in total. The number of nitrogens with zero attached hydrogens (tertiary/aromatic N) is 2. The minimum Gasteiger partial charge on any atom is -0.399 e. The summed E-state index contributed by atoms with van der Waals surface area (Å²) in [7, 11) is 0. The van der Waals surface area contributed by atoms with Crippen LogP contribution in [0.1, 0.15) is 10.5 Å². The van der Waals surface area contributed by atoms with E-state index in [0.717, 1.165) is 11.3 Å². The van der Waals surface area contributed by atoms with Gasteiger partial charge in [0.15, 0.2) is 5.96 Å². The van der Waals surface area contributed by atoms with Crippen LogP contribution in [0.4, 0.5) is 16.5 Å². The average molecular weight is 311 g/mol. The molecule has 1 amide bonds. The Balaban J connectivity index is 2.15. The van der Waals surface area contributed by atoms with Gasteiger partial charge < -0.3 is 22.5 Å². The van der Waals surface area contributed by atoms with Crippen LogP contribution in [0.5, 0.6) is 0 Å². The van der Waals surface area contributed by atoms with Crippen molar-refractivity contribution in [1.29, 1.82) is 0 Å². The Kier molecular flexibility index (Phi) is 4.06. The summed E-state index contributed by atoms with van der Waals surface area (Å²) in [4.78, 5) is 19.7. The molecule has 0 aliphatic rings. The highest BCUT2D eigenvalue weighted by Gasteiger charge is 2.11. The first kappa shape index (κ1) is 14.1. The molecule has 2 rings (SSSR count). The number of hydrogen-bond donors (Lipinski definition) is 4. The van der Waals surface area contributed by atoms with Crippen molar-refractivity contribution >= 4 is 51.3 Å². The number of benzene rings is 1. The molecule has 0 aliphatic carbocycles. The summed E-state index contributed by atoms with van der Waals surface area (Å²) in [6, 6.07) is 4.75. The Morgan fingerprint density at radius 1 is 1.35 bits per heavy atom. The van der Waals surface area contributed by atoms with E-state index in [2.05, 4.69) is 15.3 Å². The number of guanidine groups is 1. The van der Waals surface area contributed by atoms with Gasteiger partial charge in [-0.25, -0.2) is 4.98 Å². The van der Waals surface area contributed by atoms with Gasteiger partial charge in [-0.3, -0.25) is 4.79 Å². The lowest BCUT2D eigenvalue weighted by Crippen LogP contribution is -2.21. The van der Waals surface area contributed by atoms with Crippen LogP contribution in [0.3, 0.4) is 0 Å². The fraction of sp³-hybridized carbons (Fsp3) is 0. The zero-order valence-corrected chi connectivity index (χ0v) is 11.7. The van der Waals surface area contributed by atoms with Crippen molar-refractivity contribution in [3.05, 3.63) is 34.3 Å². The number of thiazole rings is 1. The monoisotopic (exact) mass is 310 g/mol. The van der Waals surface area contributed by atoms with Gasteiger partial charge in [-0.05, 0) is 18.2 Å². The normalized spacial score (nSPS) is 10.1. The van der Waals surface area contributed by atoms with E-state index < -0.39 is 5.91 Å². The molecular formula is C11H11ClN6OS. The fourth-order valence-electron chi connectivity index (χ4n) is 1.41. The second-order valence-electron chi connectivity index (χ2n) is 3.78. The fourth-order valence-corrected chi connectivity index (χ4v) is 2.34. The number of carbonyl (C=O) groups is 1. The van der Waals surface area contributed by atoms with Crippen molar-refractivity contribution < 1.29 is 4.79 Å². The smallest absolute Gasteiger partial charge is 0.275 e. The maximum atomic E-state index is 12.0. The lowest BCUT2D eigenvalue weighted by atomic mass is 10.2. The Morgan fingerprint density at radius 3 is 2.75 bits per heavy atom. The van der Waals surface area contributed by atoms with Crippen molar-refractivity contribution in [1.82, 2.24) is 4.98 Å². The average Bonchev–Trinajstić information content (AvgIpc) is 2.75. The molecule has 0 radical (unpaired) electrons. The van der Waals surface area contributed by atoms with E-state index in [1.165, 1.54) is 0 Å². The van der Waals surface area contributed by atoms with Crippen molar-refractivity contribution in [2.45, 2.75) is 0 Å². The summed E-state index contributed by atoms with van der Waals surface area (Å²) >= 11 is 7.00. The van der Waals surface area contributed by atoms with E-state index in [9.17, 15) is 4.79 Å². The first-order valence-corrected chi connectivity index (χ1v) is 6.62. The first-order valence-electron chi connectivity index (χ1n) is 5.36. The standard InChI is InChI=1S/C11H11ClN6OS/c12-5-1-6(13)3-7(2-5)16-9(19)8-4-20-11(17-8)18-10(14)15/h1-4H,13H2,(H,16,19)(H4,14,15,17,18). The van der Waals surface area contributed by atoms with Gasteiger partial charge in [0.2, 0.25) is 5.13 Å². The number of halogens is 1. The maximum Gasteiger partial charge on any atom is 0.275 e. The maximum absolute atomic E-state index is 12.0. The summed E-state index contributed by atoms with van der Waals surface area (Å²) in [6.45, 7) is 0. The molecule has 0 saturated heterocycles. The lowest BCUT2D eigenvalue weighted by molar-refractivity contribution is 0.102. The highest BCUT2D eigenvalue weighted by Crippen LogP contribution is 2.22. The second-order valence-corrected chi connectivity index (χ2v) is 5.05. The number of anilines is 2. The number of rotatable bonds is 3. The van der Waals surface area contributed by atoms with Gasteiger partial charge in [0, 0.05) is 21.8 Å². The topological polar surface area (TPSA) is 132 Å². The van der Waals surface area contributed by atoms with Crippen LogP contribution in [-0.4, -0.2) is 16.9 Å². The zero-order chi connectivity index (χ0) is 14.7. The molecule has 0 atom stereocenters. The Labute approximate surface area is 123 Å². The summed E-state index contributed by atoms with van der Waals surface area (Å²) in [5.74, 6) is -0.520. The van der Waals surface area contributed by atoms with Crippen molar-refractivity contribution in [3.8, 4) is 0 Å². The number of hydrogen-bond acceptors (Lipinski definition) is 5. The van der Waals surface area contributed by atoms with Gasteiger partial charge in [-0.1, -0.05) is 11.6 Å². The van der Waals surface area contributed by atoms with Crippen LogP contribution in [0.25, 0.3) is 0 Å². The van der Waals surface area contributed by atoms with Crippen LogP contribution < -0.4 is 22.5 Å². The van der Waals surface area contributed by atoms with Gasteiger partial charge in [0.05, 0.1) is 0 Å². The van der Waals surface area contributed by atoms with E-state index in [-0.39, 0.29) is 11.7 Å². The summed E-state index contributed by atoms with van der Waals surface area (Å²) in [5.41, 5.74) is 17.2. The number of carbonyl (C=O) groups excluding carboxylic acids is 1. The van der Waals surface area contributed by atoms with Crippen LogP contribution >= 0.6 is 22.9 Å². The third-order valence-corrected chi connectivity index (χ3v) is 3.08. The van der Waals surface area contributed by atoms with Crippen molar-refractivity contribution in [3.63, 3.8) is 0 Å². The second kappa shape index (κ2) is 5.76. The van der Waals surface area contributed by atoms with Gasteiger partial charge in [0.1, 0.15) is 5.69 Å². The van der Waals surface area contributed by atoms with E-state index in [4.69, 9.17) is 28.8 Å². The van der Waals surface area contributed by atoms with E-state index in [1.54, 1.807) is 23.6 Å². The number of nitrogens with two attached hydrogens (primary N) is 3. The van der Waals surface area contributed by atoms with Gasteiger partial charge in [-0.15, -0.1) is 11.3 Å². The molecule has 0 spiro atoms. The molecule has 2 aromatic rings. The van der Waals surface area contributed by atoms with Gasteiger partial charge >= 0.3 is 0 Å². The zero-order valence-electron chi connectivity index (χ0n) is 10.1. The SMILES string of the molecule is NC(N)=Nc1nc(C(=O)Nc2cc(N)cc(Cl)c2)cs1. The molecule has 0 aliphatic heterocycles. The molecule has 0 bridgehead atoms.